The molecule has 0 saturated carbocycles. The monoisotopic (exact) mass is 362 g/mol. The molecule has 1 saturated heterocycles. The molecule has 0 unspecified atom stereocenters. The summed E-state index contributed by atoms with van der Waals surface area (Å²) in [5.41, 5.74) is 1.35. The maximum Gasteiger partial charge on any atom is 0.255 e. The Bertz CT molecular complexity index is 786. The average Bonchev–Trinajstić information content (AvgIpc) is 3.13. The van der Waals surface area contributed by atoms with Gasteiger partial charge in [0.25, 0.3) is 11.8 Å². The zero-order valence-electron chi connectivity index (χ0n) is 12.9. The number of anilines is 1. The van der Waals surface area contributed by atoms with E-state index >= 15 is 0 Å². The van der Waals surface area contributed by atoms with Gasteiger partial charge in [-0.3, -0.25) is 9.59 Å². The van der Waals surface area contributed by atoms with Gasteiger partial charge in [-0.15, -0.1) is 0 Å². The van der Waals surface area contributed by atoms with Crippen molar-refractivity contribution in [2.24, 2.45) is 0 Å². The van der Waals surface area contributed by atoms with Crippen LogP contribution in [0.25, 0.3) is 0 Å². The van der Waals surface area contributed by atoms with Crippen molar-refractivity contribution in [3.63, 3.8) is 0 Å². The van der Waals surface area contributed by atoms with E-state index in [2.05, 4.69) is 5.32 Å². The van der Waals surface area contributed by atoms with Gasteiger partial charge in [-0.1, -0.05) is 35.3 Å². The van der Waals surface area contributed by atoms with Crippen LogP contribution >= 0.6 is 23.2 Å². The molecule has 1 aliphatic heterocycles. The summed E-state index contributed by atoms with van der Waals surface area (Å²) in [6.07, 6.45) is 2.05. The number of amides is 2. The molecule has 2 amide bonds. The van der Waals surface area contributed by atoms with Crippen LogP contribution in [0.2, 0.25) is 10.0 Å². The molecular weight excluding hydrogens is 347 g/mol. The van der Waals surface area contributed by atoms with Crippen LogP contribution in [-0.2, 0) is 0 Å². The standard InChI is InChI=1S/C18H16Cl2N2O2/c19-14-7-4-8-15(16(14)20)21-17(23)12-5-3-6-13(11-12)18(24)22-9-1-2-10-22/h3-8,11H,1-2,9-10H2,(H,21,23). The van der Waals surface area contributed by atoms with E-state index in [9.17, 15) is 9.59 Å². The zero-order valence-corrected chi connectivity index (χ0v) is 14.4. The molecule has 24 heavy (non-hydrogen) atoms. The first-order valence-corrected chi connectivity index (χ1v) is 8.46. The smallest absolute Gasteiger partial charge is 0.255 e. The molecule has 1 heterocycles. The summed E-state index contributed by atoms with van der Waals surface area (Å²) in [5.74, 6) is -0.377. The van der Waals surface area contributed by atoms with Gasteiger partial charge in [0.15, 0.2) is 0 Å². The van der Waals surface area contributed by atoms with E-state index in [0.29, 0.717) is 21.8 Å². The van der Waals surface area contributed by atoms with Crippen molar-refractivity contribution in [3.8, 4) is 0 Å². The summed E-state index contributed by atoms with van der Waals surface area (Å²) in [4.78, 5) is 26.7. The lowest BCUT2D eigenvalue weighted by Crippen LogP contribution is -2.27. The van der Waals surface area contributed by atoms with Crippen LogP contribution in [0.4, 0.5) is 5.69 Å². The lowest BCUT2D eigenvalue weighted by Gasteiger charge is -2.15. The van der Waals surface area contributed by atoms with E-state index in [1.54, 1.807) is 42.5 Å². The van der Waals surface area contributed by atoms with Crippen molar-refractivity contribution in [3.05, 3.63) is 63.6 Å². The molecule has 0 bridgehead atoms. The highest BCUT2D eigenvalue weighted by Gasteiger charge is 2.20. The van der Waals surface area contributed by atoms with Gasteiger partial charge in [-0.25, -0.2) is 0 Å². The number of benzene rings is 2. The molecule has 0 spiro atoms. The Morgan fingerprint density at radius 2 is 1.62 bits per heavy atom. The third kappa shape index (κ3) is 3.55. The van der Waals surface area contributed by atoms with E-state index in [1.807, 2.05) is 4.90 Å². The summed E-state index contributed by atoms with van der Waals surface area (Å²) >= 11 is 12.0. The molecule has 0 aromatic heterocycles. The summed E-state index contributed by atoms with van der Waals surface area (Å²) < 4.78 is 0. The Kier molecular flexibility index (Phi) is 5.07. The molecule has 0 aliphatic carbocycles. The fraction of sp³-hybridized carbons (Fsp3) is 0.222. The van der Waals surface area contributed by atoms with Gasteiger partial charge in [-0.2, -0.15) is 0 Å². The first kappa shape index (κ1) is 16.8. The molecule has 1 N–H and O–H groups in total. The van der Waals surface area contributed by atoms with Crippen molar-refractivity contribution in [2.75, 3.05) is 18.4 Å². The molecule has 2 aromatic rings. The second-order valence-electron chi connectivity index (χ2n) is 5.64. The van der Waals surface area contributed by atoms with E-state index in [-0.39, 0.29) is 16.8 Å². The highest BCUT2D eigenvalue weighted by molar-refractivity contribution is 6.44. The van der Waals surface area contributed by atoms with E-state index in [1.165, 1.54) is 0 Å². The van der Waals surface area contributed by atoms with Crippen LogP contribution in [0.5, 0.6) is 0 Å². The lowest BCUT2D eigenvalue weighted by molar-refractivity contribution is 0.0793. The normalized spacial score (nSPS) is 13.8. The Morgan fingerprint density at radius 1 is 0.958 bits per heavy atom. The summed E-state index contributed by atoms with van der Waals surface area (Å²) in [6, 6.07) is 11.7. The van der Waals surface area contributed by atoms with Crippen LogP contribution in [-0.4, -0.2) is 29.8 Å². The number of likely N-dealkylation sites (tertiary alicyclic amines) is 1. The largest absolute Gasteiger partial charge is 0.339 e. The van der Waals surface area contributed by atoms with E-state index in [0.717, 1.165) is 25.9 Å². The third-order valence-electron chi connectivity index (χ3n) is 3.96. The van der Waals surface area contributed by atoms with Gasteiger partial charge in [0.1, 0.15) is 0 Å². The highest BCUT2D eigenvalue weighted by atomic mass is 35.5. The molecular formula is C18H16Cl2N2O2. The number of nitrogens with zero attached hydrogens (tertiary/aromatic N) is 1. The third-order valence-corrected chi connectivity index (χ3v) is 4.78. The minimum absolute atomic E-state index is 0.0389. The zero-order chi connectivity index (χ0) is 17.1. The summed E-state index contributed by atoms with van der Waals surface area (Å²) in [7, 11) is 0. The average molecular weight is 363 g/mol. The maximum absolute atomic E-state index is 12.4. The van der Waals surface area contributed by atoms with Gasteiger partial charge >= 0.3 is 0 Å². The molecule has 1 aliphatic rings. The summed E-state index contributed by atoms with van der Waals surface area (Å²) in [6.45, 7) is 1.54. The molecule has 1 fully saturated rings. The topological polar surface area (TPSA) is 49.4 Å². The molecule has 3 rings (SSSR count). The van der Waals surface area contributed by atoms with Crippen LogP contribution < -0.4 is 5.32 Å². The lowest BCUT2D eigenvalue weighted by atomic mass is 10.1. The van der Waals surface area contributed by atoms with Crippen molar-refractivity contribution in [2.45, 2.75) is 12.8 Å². The van der Waals surface area contributed by atoms with Gasteiger partial charge in [0.05, 0.1) is 15.7 Å². The number of carbonyl (C=O) groups is 2. The first-order chi connectivity index (χ1) is 11.6. The van der Waals surface area contributed by atoms with Crippen LogP contribution in [0.3, 0.4) is 0 Å². The Hall–Kier alpha value is -2.04. The highest BCUT2D eigenvalue weighted by Crippen LogP contribution is 2.29. The van der Waals surface area contributed by atoms with Gasteiger partial charge < -0.3 is 10.2 Å². The van der Waals surface area contributed by atoms with Crippen molar-refractivity contribution >= 4 is 40.7 Å². The Labute approximate surface area is 150 Å². The first-order valence-electron chi connectivity index (χ1n) is 7.71. The second-order valence-corrected chi connectivity index (χ2v) is 6.42. The summed E-state index contributed by atoms with van der Waals surface area (Å²) in [5, 5.41) is 3.38. The molecule has 2 aromatic carbocycles. The van der Waals surface area contributed by atoms with Gasteiger partial charge in [0.2, 0.25) is 0 Å². The van der Waals surface area contributed by atoms with E-state index in [4.69, 9.17) is 23.2 Å². The Balaban J connectivity index is 1.79. The molecule has 6 heteroatoms. The number of hydrogen-bond donors (Lipinski definition) is 1. The predicted molar refractivity (Wildman–Crippen MR) is 96.0 cm³/mol. The van der Waals surface area contributed by atoms with Gasteiger partial charge in [-0.05, 0) is 43.2 Å². The van der Waals surface area contributed by atoms with Gasteiger partial charge in [0, 0.05) is 24.2 Å². The molecule has 124 valence electrons. The minimum atomic E-state index is -0.338. The number of hydrogen-bond acceptors (Lipinski definition) is 2. The van der Waals surface area contributed by atoms with Crippen molar-refractivity contribution in [1.82, 2.24) is 4.90 Å². The molecule has 0 atom stereocenters. The second kappa shape index (κ2) is 7.24. The number of nitrogens with one attached hydrogen (secondary N) is 1. The quantitative estimate of drug-likeness (QED) is 0.874. The van der Waals surface area contributed by atoms with Crippen LogP contribution in [0, 0.1) is 0 Å². The number of carbonyl (C=O) groups excluding carboxylic acids is 2. The number of rotatable bonds is 3. The number of halogens is 2. The van der Waals surface area contributed by atoms with Crippen molar-refractivity contribution < 1.29 is 9.59 Å². The van der Waals surface area contributed by atoms with E-state index < -0.39 is 0 Å². The van der Waals surface area contributed by atoms with Crippen LogP contribution in [0.15, 0.2) is 42.5 Å². The fourth-order valence-corrected chi connectivity index (χ4v) is 3.04. The van der Waals surface area contributed by atoms with Crippen LogP contribution in [0.1, 0.15) is 33.6 Å². The Morgan fingerprint density at radius 3 is 2.38 bits per heavy atom. The fourth-order valence-electron chi connectivity index (χ4n) is 2.69. The molecule has 0 radical (unpaired) electrons. The minimum Gasteiger partial charge on any atom is -0.339 e. The maximum atomic E-state index is 12.4. The predicted octanol–water partition coefficient (Wildman–Crippen LogP) is 4.48. The SMILES string of the molecule is O=C(Nc1cccc(Cl)c1Cl)c1cccc(C(=O)N2CCCC2)c1. The van der Waals surface area contributed by atoms with Crippen molar-refractivity contribution in [1.29, 1.82) is 0 Å². The molecule has 4 nitrogen and oxygen atoms in total.